The summed E-state index contributed by atoms with van der Waals surface area (Å²) in [6.45, 7) is 1.93. The summed E-state index contributed by atoms with van der Waals surface area (Å²) >= 11 is 0. The molecule has 0 aliphatic heterocycles. The molecule has 102 valence electrons. The minimum atomic E-state index is -0.343. The Balaban J connectivity index is 0.00000289. The number of carbonyl (C=O) groups is 1. The monoisotopic (exact) mass is 276 g/mol. The molecule has 4 nitrogen and oxygen atoms in total. The Morgan fingerprint density at radius 2 is 2.22 bits per heavy atom. The Hall–Kier alpha value is -1.17. The maximum atomic E-state index is 13.2. The Kier molecular flexibility index (Phi) is 7.50. The van der Waals surface area contributed by atoms with E-state index in [4.69, 9.17) is 10.5 Å². The molecule has 0 radical (unpaired) electrons. The fourth-order valence-electron chi connectivity index (χ4n) is 1.35. The second kappa shape index (κ2) is 8.02. The number of methoxy groups -OCH3 is 1. The van der Waals surface area contributed by atoms with Crippen LogP contribution in [0, 0.1) is 12.7 Å². The van der Waals surface area contributed by atoms with Gasteiger partial charge in [0.25, 0.3) is 0 Å². The van der Waals surface area contributed by atoms with E-state index >= 15 is 0 Å². The lowest BCUT2D eigenvalue weighted by molar-refractivity contribution is -0.118. The average Bonchev–Trinajstić information content (AvgIpc) is 2.31. The van der Waals surface area contributed by atoms with Gasteiger partial charge in [-0.3, -0.25) is 4.79 Å². The van der Waals surface area contributed by atoms with Crippen LogP contribution in [0.3, 0.4) is 0 Å². The smallest absolute Gasteiger partial charge is 0.227 e. The molecule has 0 fully saturated rings. The molecule has 1 amide bonds. The Bertz CT molecular complexity index is 398. The highest BCUT2D eigenvalue weighted by molar-refractivity contribution is 5.91. The van der Waals surface area contributed by atoms with Crippen molar-refractivity contribution < 1.29 is 13.9 Å². The summed E-state index contributed by atoms with van der Waals surface area (Å²) in [4.78, 5) is 11.6. The molecule has 0 bridgehead atoms. The van der Waals surface area contributed by atoms with Crippen LogP contribution in [-0.4, -0.2) is 25.7 Å². The van der Waals surface area contributed by atoms with E-state index in [9.17, 15) is 9.18 Å². The fourth-order valence-corrected chi connectivity index (χ4v) is 1.35. The third kappa shape index (κ3) is 5.00. The van der Waals surface area contributed by atoms with Gasteiger partial charge in [0.05, 0.1) is 12.5 Å². The molecule has 6 heteroatoms. The zero-order chi connectivity index (χ0) is 12.8. The summed E-state index contributed by atoms with van der Waals surface area (Å²) < 4.78 is 18.2. The predicted octanol–water partition coefficient (Wildman–Crippen LogP) is 1.86. The van der Waals surface area contributed by atoms with E-state index in [2.05, 4.69) is 5.32 Å². The zero-order valence-corrected chi connectivity index (χ0v) is 11.2. The standard InChI is InChI=1S/C12H17FN2O2.ClH/c1-8-3-4-9(5-11(8)13)15-12(16)6-10(7-14)17-2;/h3-5,10H,6-7,14H2,1-2H3,(H,15,16);1H. The predicted molar refractivity (Wildman–Crippen MR) is 71.5 cm³/mol. The first-order valence-electron chi connectivity index (χ1n) is 5.35. The highest BCUT2D eigenvalue weighted by Gasteiger charge is 2.11. The zero-order valence-electron chi connectivity index (χ0n) is 10.4. The van der Waals surface area contributed by atoms with E-state index < -0.39 is 0 Å². The molecule has 0 spiro atoms. The van der Waals surface area contributed by atoms with Gasteiger partial charge < -0.3 is 15.8 Å². The molecule has 1 atom stereocenters. The summed E-state index contributed by atoms with van der Waals surface area (Å²) in [5.41, 5.74) is 6.38. The molecule has 1 aromatic rings. The Morgan fingerprint density at radius 3 is 2.72 bits per heavy atom. The topological polar surface area (TPSA) is 64.3 Å². The van der Waals surface area contributed by atoms with Crippen LogP contribution in [0.2, 0.25) is 0 Å². The normalized spacial score (nSPS) is 11.6. The van der Waals surface area contributed by atoms with Gasteiger partial charge in [0.15, 0.2) is 0 Å². The van der Waals surface area contributed by atoms with Crippen molar-refractivity contribution in [2.75, 3.05) is 19.0 Å². The van der Waals surface area contributed by atoms with Crippen molar-refractivity contribution in [3.8, 4) is 0 Å². The molecule has 0 aliphatic carbocycles. The van der Waals surface area contributed by atoms with Crippen molar-refractivity contribution in [1.82, 2.24) is 0 Å². The summed E-state index contributed by atoms with van der Waals surface area (Å²) in [5, 5.41) is 2.59. The second-order valence-electron chi connectivity index (χ2n) is 3.81. The molecule has 0 saturated carbocycles. The summed E-state index contributed by atoms with van der Waals surface area (Å²) in [6, 6.07) is 4.56. The van der Waals surface area contributed by atoms with E-state index in [0.29, 0.717) is 11.3 Å². The highest BCUT2D eigenvalue weighted by atomic mass is 35.5. The van der Waals surface area contributed by atoms with Gasteiger partial charge in [-0.15, -0.1) is 12.4 Å². The molecule has 3 N–H and O–H groups in total. The van der Waals surface area contributed by atoms with Crippen molar-refractivity contribution in [2.45, 2.75) is 19.4 Å². The molecular formula is C12H18ClFN2O2. The first-order valence-corrected chi connectivity index (χ1v) is 5.35. The quantitative estimate of drug-likeness (QED) is 0.863. The molecule has 0 aromatic heterocycles. The minimum absolute atomic E-state index is 0. The lowest BCUT2D eigenvalue weighted by Crippen LogP contribution is -2.28. The van der Waals surface area contributed by atoms with Crippen LogP contribution < -0.4 is 11.1 Å². The van der Waals surface area contributed by atoms with Crippen LogP contribution in [0.5, 0.6) is 0 Å². The van der Waals surface area contributed by atoms with E-state index in [1.807, 2.05) is 0 Å². The SMILES string of the molecule is COC(CN)CC(=O)Nc1ccc(C)c(F)c1.Cl. The van der Waals surface area contributed by atoms with Crippen LogP contribution in [0.15, 0.2) is 18.2 Å². The molecule has 0 aliphatic rings. The third-order valence-electron chi connectivity index (χ3n) is 2.46. The summed E-state index contributed by atoms with van der Waals surface area (Å²) in [6.07, 6.45) is -0.159. The average molecular weight is 277 g/mol. The van der Waals surface area contributed by atoms with E-state index in [0.717, 1.165) is 0 Å². The highest BCUT2D eigenvalue weighted by Crippen LogP contribution is 2.14. The van der Waals surface area contributed by atoms with Crippen molar-refractivity contribution in [3.05, 3.63) is 29.6 Å². The number of benzene rings is 1. The Morgan fingerprint density at radius 1 is 1.56 bits per heavy atom. The first kappa shape index (κ1) is 16.8. The van der Waals surface area contributed by atoms with E-state index in [1.54, 1.807) is 19.1 Å². The van der Waals surface area contributed by atoms with E-state index in [1.165, 1.54) is 13.2 Å². The van der Waals surface area contributed by atoms with Gasteiger partial charge in [0.2, 0.25) is 5.91 Å². The molecule has 1 rings (SSSR count). The molecule has 0 heterocycles. The minimum Gasteiger partial charge on any atom is -0.380 e. The van der Waals surface area contributed by atoms with Gasteiger partial charge in [-0.25, -0.2) is 4.39 Å². The summed E-state index contributed by atoms with van der Waals surface area (Å²) in [7, 11) is 1.50. The summed E-state index contributed by atoms with van der Waals surface area (Å²) in [5.74, 6) is -0.588. The number of hydrogen-bond acceptors (Lipinski definition) is 3. The van der Waals surface area contributed by atoms with Gasteiger partial charge >= 0.3 is 0 Å². The van der Waals surface area contributed by atoms with Crippen LogP contribution in [0.1, 0.15) is 12.0 Å². The number of rotatable bonds is 5. The van der Waals surface area contributed by atoms with Crippen molar-refractivity contribution in [1.29, 1.82) is 0 Å². The number of aryl methyl sites for hydroxylation is 1. The van der Waals surface area contributed by atoms with Gasteiger partial charge in [-0.05, 0) is 24.6 Å². The number of amides is 1. The number of nitrogens with two attached hydrogens (primary N) is 1. The van der Waals surface area contributed by atoms with Gasteiger partial charge in [-0.2, -0.15) is 0 Å². The molecule has 18 heavy (non-hydrogen) atoms. The largest absolute Gasteiger partial charge is 0.380 e. The van der Waals surface area contributed by atoms with Crippen molar-refractivity contribution in [3.63, 3.8) is 0 Å². The van der Waals surface area contributed by atoms with Crippen LogP contribution in [-0.2, 0) is 9.53 Å². The number of nitrogens with one attached hydrogen (secondary N) is 1. The molecule has 1 unspecified atom stereocenters. The van der Waals surface area contributed by atoms with Gasteiger partial charge in [0, 0.05) is 19.3 Å². The number of carbonyl (C=O) groups excluding carboxylic acids is 1. The molecule has 1 aromatic carbocycles. The van der Waals surface area contributed by atoms with Crippen LogP contribution in [0.4, 0.5) is 10.1 Å². The van der Waals surface area contributed by atoms with Crippen molar-refractivity contribution in [2.24, 2.45) is 5.73 Å². The lowest BCUT2D eigenvalue weighted by Gasteiger charge is -2.12. The molecule has 0 saturated heterocycles. The van der Waals surface area contributed by atoms with Gasteiger partial charge in [0.1, 0.15) is 5.82 Å². The molecular weight excluding hydrogens is 259 g/mol. The lowest BCUT2D eigenvalue weighted by atomic mass is 10.2. The number of hydrogen-bond donors (Lipinski definition) is 2. The maximum absolute atomic E-state index is 13.2. The van der Waals surface area contributed by atoms with Crippen LogP contribution in [0.25, 0.3) is 0 Å². The number of ether oxygens (including phenoxy) is 1. The van der Waals surface area contributed by atoms with Crippen molar-refractivity contribution >= 4 is 24.0 Å². The second-order valence-corrected chi connectivity index (χ2v) is 3.81. The third-order valence-corrected chi connectivity index (χ3v) is 2.46. The van der Waals surface area contributed by atoms with Gasteiger partial charge in [-0.1, -0.05) is 6.07 Å². The number of anilines is 1. The maximum Gasteiger partial charge on any atom is 0.227 e. The fraction of sp³-hybridized carbons (Fsp3) is 0.417. The number of halogens is 2. The van der Waals surface area contributed by atoms with E-state index in [-0.39, 0.29) is 43.2 Å². The Labute approximate surface area is 112 Å². The first-order chi connectivity index (χ1) is 8.06. The van der Waals surface area contributed by atoms with Crippen LogP contribution >= 0.6 is 12.4 Å².